The Balaban J connectivity index is 2.40. The van der Waals surface area contributed by atoms with Crippen LogP contribution in [0, 0.1) is 5.41 Å². The molecule has 0 bridgehead atoms. The molecule has 0 saturated carbocycles. The molecule has 1 saturated heterocycles. The molecule has 1 fully saturated rings. The molecular weight excluding hydrogens is 337 g/mol. The van der Waals surface area contributed by atoms with Crippen molar-refractivity contribution in [1.29, 1.82) is 0 Å². The summed E-state index contributed by atoms with van der Waals surface area (Å²) in [4.78, 5) is 11.2. The minimum atomic E-state index is -3.87. The van der Waals surface area contributed by atoms with Crippen molar-refractivity contribution in [2.45, 2.75) is 24.7 Å². The number of carboxylic acid groups (broad SMARTS) is 1. The summed E-state index contributed by atoms with van der Waals surface area (Å²) in [5.74, 6) is -1.00. The lowest BCUT2D eigenvalue weighted by Crippen LogP contribution is -2.48. The zero-order chi connectivity index (χ0) is 15.8. The highest BCUT2D eigenvalue weighted by Crippen LogP contribution is 2.36. The maximum Gasteiger partial charge on any atom is 0.310 e. The van der Waals surface area contributed by atoms with Gasteiger partial charge in [0.15, 0.2) is 0 Å². The van der Waals surface area contributed by atoms with Crippen LogP contribution < -0.4 is 0 Å². The topological polar surface area (TPSA) is 74.7 Å². The first-order chi connectivity index (χ1) is 9.68. The van der Waals surface area contributed by atoms with Gasteiger partial charge in [0.2, 0.25) is 10.0 Å². The molecule has 1 N–H and O–H groups in total. The Morgan fingerprint density at radius 3 is 2.67 bits per heavy atom. The molecule has 0 radical (unpaired) electrons. The summed E-state index contributed by atoms with van der Waals surface area (Å²) in [6.07, 6.45) is 0.928. The highest BCUT2D eigenvalue weighted by atomic mass is 35.5. The first kappa shape index (κ1) is 16.5. The average Bonchev–Trinajstić information content (AvgIpc) is 2.41. The number of piperidine rings is 1. The number of hydrogen-bond donors (Lipinski definition) is 1. The molecule has 1 aliphatic heterocycles. The second kappa shape index (κ2) is 5.76. The van der Waals surface area contributed by atoms with Gasteiger partial charge in [0.1, 0.15) is 4.90 Å². The predicted molar refractivity (Wildman–Crippen MR) is 80.2 cm³/mol. The highest BCUT2D eigenvalue weighted by molar-refractivity contribution is 7.89. The van der Waals surface area contributed by atoms with E-state index in [9.17, 15) is 18.3 Å². The van der Waals surface area contributed by atoms with E-state index in [1.807, 2.05) is 0 Å². The third kappa shape index (κ3) is 3.04. The fourth-order valence-corrected chi connectivity index (χ4v) is 4.73. The van der Waals surface area contributed by atoms with E-state index in [1.165, 1.54) is 22.5 Å². The summed E-state index contributed by atoms with van der Waals surface area (Å²) >= 11 is 11.8. The number of hydrogen-bond acceptors (Lipinski definition) is 3. The quantitative estimate of drug-likeness (QED) is 0.908. The summed E-state index contributed by atoms with van der Waals surface area (Å²) in [5, 5.41) is 9.39. The van der Waals surface area contributed by atoms with Crippen LogP contribution in [0.3, 0.4) is 0 Å². The van der Waals surface area contributed by atoms with E-state index in [-0.39, 0.29) is 28.0 Å². The minimum absolute atomic E-state index is 0.0400. The van der Waals surface area contributed by atoms with Gasteiger partial charge >= 0.3 is 5.97 Å². The standard InChI is InChI=1S/C13H15Cl2NO4S/c1-13(12(17)18)6-3-7-16(8-13)21(19,20)10-5-2-4-9(14)11(10)15/h2,4-5H,3,6-8H2,1H3,(H,17,18). The van der Waals surface area contributed by atoms with Gasteiger partial charge in [-0.05, 0) is 31.9 Å². The lowest BCUT2D eigenvalue weighted by Gasteiger charge is -2.36. The van der Waals surface area contributed by atoms with Crippen LogP contribution in [0.25, 0.3) is 0 Å². The van der Waals surface area contributed by atoms with Gasteiger partial charge in [-0.25, -0.2) is 8.42 Å². The number of carbonyl (C=O) groups is 1. The number of carboxylic acids is 1. The van der Waals surface area contributed by atoms with Crippen molar-refractivity contribution in [3.8, 4) is 0 Å². The van der Waals surface area contributed by atoms with Crippen molar-refractivity contribution in [3.63, 3.8) is 0 Å². The predicted octanol–water partition coefficient (Wildman–Crippen LogP) is 2.87. The molecule has 1 unspecified atom stereocenters. The molecule has 0 amide bonds. The van der Waals surface area contributed by atoms with Gasteiger partial charge in [0.25, 0.3) is 0 Å². The van der Waals surface area contributed by atoms with Crippen LogP contribution in [0.4, 0.5) is 0 Å². The second-order valence-corrected chi connectivity index (χ2v) is 8.05. The second-order valence-electron chi connectivity index (χ2n) is 5.36. The van der Waals surface area contributed by atoms with Crippen molar-refractivity contribution in [2.75, 3.05) is 13.1 Å². The van der Waals surface area contributed by atoms with E-state index in [0.29, 0.717) is 12.8 Å². The van der Waals surface area contributed by atoms with Gasteiger partial charge in [-0.15, -0.1) is 0 Å². The fraction of sp³-hybridized carbons (Fsp3) is 0.462. The van der Waals surface area contributed by atoms with Gasteiger partial charge in [-0.2, -0.15) is 4.31 Å². The number of benzene rings is 1. The Kier molecular flexibility index (Phi) is 4.54. The zero-order valence-electron chi connectivity index (χ0n) is 11.3. The highest BCUT2D eigenvalue weighted by Gasteiger charge is 2.42. The number of aliphatic carboxylic acids is 1. The molecule has 1 heterocycles. The Bertz CT molecular complexity index is 677. The lowest BCUT2D eigenvalue weighted by atomic mass is 9.83. The molecule has 0 aromatic heterocycles. The molecule has 1 aromatic carbocycles. The third-order valence-corrected chi connectivity index (χ3v) is 6.53. The van der Waals surface area contributed by atoms with E-state index in [0.717, 1.165) is 0 Å². The van der Waals surface area contributed by atoms with E-state index in [1.54, 1.807) is 6.92 Å². The first-order valence-electron chi connectivity index (χ1n) is 6.36. The Morgan fingerprint density at radius 2 is 2.05 bits per heavy atom. The first-order valence-corrected chi connectivity index (χ1v) is 8.56. The van der Waals surface area contributed by atoms with Crippen LogP contribution in [0.2, 0.25) is 10.0 Å². The van der Waals surface area contributed by atoms with Crippen molar-refractivity contribution < 1.29 is 18.3 Å². The summed E-state index contributed by atoms with van der Waals surface area (Å²) in [6.45, 7) is 1.75. The monoisotopic (exact) mass is 351 g/mol. The van der Waals surface area contributed by atoms with Crippen LogP contribution in [-0.2, 0) is 14.8 Å². The van der Waals surface area contributed by atoms with Gasteiger partial charge in [0, 0.05) is 13.1 Å². The maximum atomic E-state index is 12.7. The summed E-state index contributed by atoms with van der Waals surface area (Å²) in [6, 6.07) is 4.37. The molecular formula is C13H15Cl2NO4S. The van der Waals surface area contributed by atoms with Crippen LogP contribution >= 0.6 is 23.2 Å². The Hall–Kier alpha value is -0.820. The molecule has 2 rings (SSSR count). The van der Waals surface area contributed by atoms with Crippen molar-refractivity contribution >= 4 is 39.2 Å². The van der Waals surface area contributed by atoms with Crippen molar-refractivity contribution in [3.05, 3.63) is 28.2 Å². The smallest absolute Gasteiger partial charge is 0.310 e. The molecule has 1 atom stereocenters. The maximum absolute atomic E-state index is 12.7. The van der Waals surface area contributed by atoms with Crippen molar-refractivity contribution in [1.82, 2.24) is 4.31 Å². The van der Waals surface area contributed by atoms with Gasteiger partial charge < -0.3 is 5.11 Å². The third-order valence-electron chi connectivity index (χ3n) is 3.71. The van der Waals surface area contributed by atoms with E-state index >= 15 is 0 Å². The lowest BCUT2D eigenvalue weighted by molar-refractivity contribution is -0.150. The molecule has 1 aliphatic rings. The van der Waals surface area contributed by atoms with E-state index in [2.05, 4.69) is 0 Å². The van der Waals surface area contributed by atoms with Gasteiger partial charge in [0.05, 0.1) is 15.5 Å². The summed E-state index contributed by atoms with van der Waals surface area (Å²) in [7, 11) is -3.87. The molecule has 1 aromatic rings. The molecule has 116 valence electrons. The number of rotatable bonds is 3. The van der Waals surface area contributed by atoms with E-state index < -0.39 is 21.4 Å². The average molecular weight is 352 g/mol. The summed E-state index contributed by atoms with van der Waals surface area (Å²) in [5.41, 5.74) is -1.09. The fourth-order valence-electron chi connectivity index (χ4n) is 2.39. The van der Waals surface area contributed by atoms with Crippen LogP contribution in [-0.4, -0.2) is 36.9 Å². The molecule has 21 heavy (non-hydrogen) atoms. The van der Waals surface area contributed by atoms with Crippen LogP contribution in [0.15, 0.2) is 23.1 Å². The molecule has 0 aliphatic carbocycles. The SMILES string of the molecule is CC1(C(=O)O)CCCN(S(=O)(=O)c2cccc(Cl)c2Cl)C1. The summed E-state index contributed by atoms with van der Waals surface area (Å²) < 4.78 is 26.5. The van der Waals surface area contributed by atoms with Crippen LogP contribution in [0.5, 0.6) is 0 Å². The van der Waals surface area contributed by atoms with E-state index in [4.69, 9.17) is 23.2 Å². The van der Waals surface area contributed by atoms with Gasteiger partial charge in [-0.3, -0.25) is 4.79 Å². The largest absolute Gasteiger partial charge is 0.481 e. The zero-order valence-corrected chi connectivity index (χ0v) is 13.7. The van der Waals surface area contributed by atoms with Crippen LogP contribution in [0.1, 0.15) is 19.8 Å². The number of sulfonamides is 1. The normalized spacial score (nSPS) is 24.0. The molecule has 8 heteroatoms. The Labute approximate surface area is 133 Å². The number of halogens is 2. The van der Waals surface area contributed by atoms with Gasteiger partial charge in [-0.1, -0.05) is 29.3 Å². The Morgan fingerprint density at radius 1 is 1.38 bits per heavy atom. The molecule has 5 nitrogen and oxygen atoms in total. The number of nitrogens with zero attached hydrogens (tertiary/aromatic N) is 1. The van der Waals surface area contributed by atoms with Crippen molar-refractivity contribution in [2.24, 2.45) is 5.41 Å². The molecule has 0 spiro atoms. The minimum Gasteiger partial charge on any atom is -0.481 e.